The van der Waals surface area contributed by atoms with Gasteiger partial charge in [-0.2, -0.15) is 0 Å². The SMILES string of the molecule is COC(=O)C(O)c1ccc(C2CC2C)o1. The fourth-order valence-corrected chi connectivity index (χ4v) is 1.66. The van der Waals surface area contributed by atoms with Crippen LogP contribution in [0.3, 0.4) is 0 Å². The molecule has 0 bridgehead atoms. The molecule has 1 fully saturated rings. The van der Waals surface area contributed by atoms with Gasteiger partial charge in [-0.15, -0.1) is 0 Å². The molecule has 0 aliphatic heterocycles. The summed E-state index contributed by atoms with van der Waals surface area (Å²) in [7, 11) is 1.23. The Morgan fingerprint density at radius 3 is 2.87 bits per heavy atom. The summed E-state index contributed by atoms with van der Waals surface area (Å²) in [5.41, 5.74) is 0. The Morgan fingerprint density at radius 2 is 2.33 bits per heavy atom. The number of hydrogen-bond donors (Lipinski definition) is 1. The molecular weight excluding hydrogens is 196 g/mol. The molecular formula is C11H14O4. The molecule has 82 valence electrons. The van der Waals surface area contributed by atoms with Crippen molar-refractivity contribution in [1.82, 2.24) is 0 Å². The van der Waals surface area contributed by atoms with E-state index < -0.39 is 12.1 Å². The number of methoxy groups -OCH3 is 1. The number of ether oxygens (including phenoxy) is 1. The Bertz CT molecular complexity index is 368. The predicted octanol–water partition coefficient (Wildman–Crippen LogP) is 1.61. The van der Waals surface area contributed by atoms with Crippen LogP contribution in [0.2, 0.25) is 0 Å². The van der Waals surface area contributed by atoms with Gasteiger partial charge in [0.2, 0.25) is 6.10 Å². The molecule has 1 N–H and O–H groups in total. The molecule has 1 aliphatic rings. The van der Waals surface area contributed by atoms with Gasteiger partial charge in [-0.1, -0.05) is 6.92 Å². The summed E-state index contributed by atoms with van der Waals surface area (Å²) in [5.74, 6) is 1.50. The normalized spacial score (nSPS) is 26.1. The molecule has 0 saturated heterocycles. The summed E-state index contributed by atoms with van der Waals surface area (Å²) in [6.07, 6.45) is -0.195. The topological polar surface area (TPSA) is 59.7 Å². The number of hydrogen-bond acceptors (Lipinski definition) is 4. The van der Waals surface area contributed by atoms with Crippen molar-refractivity contribution in [3.63, 3.8) is 0 Å². The minimum atomic E-state index is -1.31. The lowest BCUT2D eigenvalue weighted by Gasteiger charge is -2.04. The third kappa shape index (κ3) is 1.90. The molecule has 0 aromatic carbocycles. The van der Waals surface area contributed by atoms with E-state index in [-0.39, 0.29) is 5.76 Å². The first-order chi connectivity index (χ1) is 7.13. The monoisotopic (exact) mass is 210 g/mol. The van der Waals surface area contributed by atoms with E-state index in [4.69, 9.17) is 4.42 Å². The van der Waals surface area contributed by atoms with Crippen LogP contribution >= 0.6 is 0 Å². The van der Waals surface area contributed by atoms with Gasteiger partial charge < -0.3 is 14.3 Å². The second-order valence-corrected chi connectivity index (χ2v) is 3.99. The molecule has 4 nitrogen and oxygen atoms in total. The average Bonchev–Trinajstić information content (AvgIpc) is 2.80. The van der Waals surface area contributed by atoms with Crippen LogP contribution in [0.15, 0.2) is 16.5 Å². The van der Waals surface area contributed by atoms with E-state index in [1.54, 1.807) is 6.07 Å². The van der Waals surface area contributed by atoms with Gasteiger partial charge >= 0.3 is 5.97 Å². The summed E-state index contributed by atoms with van der Waals surface area (Å²) in [5, 5.41) is 9.50. The number of aliphatic hydroxyl groups is 1. The standard InChI is InChI=1S/C11H14O4/c1-6-5-7(6)8-3-4-9(15-8)10(12)11(13)14-2/h3-4,6-7,10,12H,5H2,1-2H3. The van der Waals surface area contributed by atoms with E-state index in [2.05, 4.69) is 11.7 Å². The Balaban J connectivity index is 2.09. The highest BCUT2D eigenvalue weighted by molar-refractivity contribution is 5.75. The van der Waals surface area contributed by atoms with Gasteiger partial charge in [-0.3, -0.25) is 0 Å². The maximum absolute atomic E-state index is 11.0. The average molecular weight is 210 g/mol. The first kappa shape index (κ1) is 10.2. The zero-order valence-corrected chi connectivity index (χ0v) is 8.77. The van der Waals surface area contributed by atoms with Crippen molar-refractivity contribution in [2.75, 3.05) is 7.11 Å². The van der Waals surface area contributed by atoms with Gasteiger partial charge in [0.15, 0.2) is 0 Å². The molecule has 1 aromatic heterocycles. The van der Waals surface area contributed by atoms with Crippen LogP contribution in [0.4, 0.5) is 0 Å². The summed E-state index contributed by atoms with van der Waals surface area (Å²) >= 11 is 0. The van der Waals surface area contributed by atoms with Gasteiger partial charge in [0.05, 0.1) is 7.11 Å². The minimum Gasteiger partial charge on any atom is -0.467 e. The van der Waals surface area contributed by atoms with Crippen LogP contribution in [0.25, 0.3) is 0 Å². The van der Waals surface area contributed by atoms with Crippen molar-refractivity contribution in [3.8, 4) is 0 Å². The van der Waals surface area contributed by atoms with Crippen LogP contribution in [-0.2, 0) is 9.53 Å². The van der Waals surface area contributed by atoms with Crippen molar-refractivity contribution in [1.29, 1.82) is 0 Å². The van der Waals surface area contributed by atoms with Gasteiger partial charge in [-0.25, -0.2) is 4.79 Å². The van der Waals surface area contributed by atoms with Gasteiger partial charge in [-0.05, 0) is 24.5 Å². The highest BCUT2D eigenvalue weighted by atomic mass is 16.5. The summed E-state index contributed by atoms with van der Waals surface area (Å²) < 4.78 is 9.84. The van der Waals surface area contributed by atoms with E-state index in [0.717, 1.165) is 12.2 Å². The molecule has 1 aromatic rings. The first-order valence-electron chi connectivity index (χ1n) is 4.99. The molecule has 3 atom stereocenters. The van der Waals surface area contributed by atoms with E-state index in [0.29, 0.717) is 11.8 Å². The summed E-state index contributed by atoms with van der Waals surface area (Å²) in [6, 6.07) is 3.44. The number of aliphatic hydroxyl groups excluding tert-OH is 1. The molecule has 4 heteroatoms. The molecule has 1 saturated carbocycles. The highest BCUT2D eigenvalue weighted by Gasteiger charge is 2.37. The second-order valence-electron chi connectivity index (χ2n) is 3.99. The second kappa shape index (κ2) is 3.70. The molecule has 1 aliphatic carbocycles. The number of rotatable bonds is 3. The van der Waals surface area contributed by atoms with Crippen molar-refractivity contribution in [2.45, 2.75) is 25.4 Å². The van der Waals surface area contributed by atoms with Gasteiger partial charge in [0.25, 0.3) is 0 Å². The number of carbonyl (C=O) groups excluding carboxylic acids is 1. The van der Waals surface area contributed by atoms with Crippen molar-refractivity contribution < 1.29 is 19.1 Å². The fraction of sp³-hybridized carbons (Fsp3) is 0.545. The zero-order valence-electron chi connectivity index (χ0n) is 8.77. The molecule has 3 unspecified atom stereocenters. The Hall–Kier alpha value is -1.29. The van der Waals surface area contributed by atoms with Gasteiger partial charge in [0, 0.05) is 5.92 Å². The number of carbonyl (C=O) groups is 1. The summed E-state index contributed by atoms with van der Waals surface area (Å²) in [6.45, 7) is 2.14. The van der Waals surface area contributed by atoms with Gasteiger partial charge in [0.1, 0.15) is 11.5 Å². The Kier molecular flexibility index (Phi) is 2.52. The van der Waals surface area contributed by atoms with E-state index in [1.165, 1.54) is 7.11 Å². The lowest BCUT2D eigenvalue weighted by molar-refractivity contribution is -0.151. The van der Waals surface area contributed by atoms with Crippen LogP contribution in [0.1, 0.15) is 36.9 Å². The lowest BCUT2D eigenvalue weighted by atomic mass is 10.2. The molecule has 2 rings (SSSR count). The maximum Gasteiger partial charge on any atom is 0.342 e. The van der Waals surface area contributed by atoms with Crippen molar-refractivity contribution >= 4 is 5.97 Å². The van der Waals surface area contributed by atoms with Crippen molar-refractivity contribution in [2.24, 2.45) is 5.92 Å². The molecule has 0 radical (unpaired) electrons. The smallest absolute Gasteiger partial charge is 0.342 e. The number of esters is 1. The van der Waals surface area contributed by atoms with Crippen LogP contribution in [-0.4, -0.2) is 18.2 Å². The third-order valence-corrected chi connectivity index (χ3v) is 2.82. The van der Waals surface area contributed by atoms with E-state index in [1.807, 2.05) is 6.07 Å². The lowest BCUT2D eigenvalue weighted by Crippen LogP contribution is -2.12. The van der Waals surface area contributed by atoms with Crippen LogP contribution in [0.5, 0.6) is 0 Å². The number of furan rings is 1. The quantitative estimate of drug-likeness (QED) is 0.770. The van der Waals surface area contributed by atoms with E-state index in [9.17, 15) is 9.90 Å². The Labute approximate surface area is 87.8 Å². The minimum absolute atomic E-state index is 0.260. The Morgan fingerprint density at radius 1 is 1.67 bits per heavy atom. The van der Waals surface area contributed by atoms with Crippen LogP contribution in [0, 0.1) is 5.92 Å². The fourth-order valence-electron chi connectivity index (χ4n) is 1.66. The predicted molar refractivity (Wildman–Crippen MR) is 52.2 cm³/mol. The first-order valence-corrected chi connectivity index (χ1v) is 4.99. The third-order valence-electron chi connectivity index (χ3n) is 2.82. The molecule has 15 heavy (non-hydrogen) atoms. The molecule has 1 heterocycles. The highest BCUT2D eigenvalue weighted by Crippen LogP contribution is 2.47. The van der Waals surface area contributed by atoms with E-state index >= 15 is 0 Å². The largest absolute Gasteiger partial charge is 0.467 e. The molecule has 0 amide bonds. The maximum atomic E-state index is 11.0. The molecule has 0 spiro atoms. The zero-order chi connectivity index (χ0) is 11.0. The van der Waals surface area contributed by atoms with Crippen molar-refractivity contribution in [3.05, 3.63) is 23.7 Å². The summed E-state index contributed by atoms with van der Waals surface area (Å²) in [4.78, 5) is 11.0. The van der Waals surface area contributed by atoms with Crippen LogP contribution < -0.4 is 0 Å².